The van der Waals surface area contributed by atoms with Crippen LogP contribution in [-0.2, 0) is 16.2 Å². The first kappa shape index (κ1) is 22.9. The fourth-order valence-electron chi connectivity index (χ4n) is 2.58. The van der Waals surface area contributed by atoms with E-state index in [1.54, 1.807) is 24.3 Å². The van der Waals surface area contributed by atoms with Crippen molar-refractivity contribution >= 4 is 58.2 Å². The molecule has 0 aromatic heterocycles. The molecule has 1 unspecified atom stereocenters. The molecule has 1 heterocycles. The van der Waals surface area contributed by atoms with E-state index in [4.69, 9.17) is 37.8 Å². The van der Waals surface area contributed by atoms with Gasteiger partial charge in [0.15, 0.2) is 16.7 Å². The van der Waals surface area contributed by atoms with Crippen LogP contribution in [0.15, 0.2) is 46.6 Å². The molecule has 0 radical (unpaired) electrons. The van der Waals surface area contributed by atoms with E-state index in [0.717, 1.165) is 17.3 Å². The van der Waals surface area contributed by atoms with Crippen LogP contribution in [-0.4, -0.2) is 40.7 Å². The van der Waals surface area contributed by atoms with Gasteiger partial charge >= 0.3 is 5.97 Å². The number of thioether (sulfide) groups is 1. The molecule has 1 fully saturated rings. The van der Waals surface area contributed by atoms with Crippen molar-refractivity contribution in [2.24, 2.45) is 10.2 Å². The molecule has 1 amide bonds. The number of methoxy groups -OCH3 is 1. The van der Waals surface area contributed by atoms with E-state index in [1.165, 1.54) is 13.3 Å². The number of nitrogens with one attached hydrogen (secondary N) is 1. The summed E-state index contributed by atoms with van der Waals surface area (Å²) in [5.41, 5.74) is 1.52. The summed E-state index contributed by atoms with van der Waals surface area (Å²) < 4.78 is 11.2. The van der Waals surface area contributed by atoms with Crippen molar-refractivity contribution in [1.29, 1.82) is 0 Å². The number of benzene rings is 2. The summed E-state index contributed by atoms with van der Waals surface area (Å²) >= 11 is 13.3. The molecule has 2 aromatic carbocycles. The van der Waals surface area contributed by atoms with Crippen LogP contribution in [0.2, 0.25) is 10.0 Å². The lowest BCUT2D eigenvalue weighted by atomic mass is 10.2. The van der Waals surface area contributed by atoms with Crippen LogP contribution < -0.4 is 14.8 Å². The molecule has 1 saturated heterocycles. The normalized spacial score (nSPS) is 17.2. The van der Waals surface area contributed by atoms with Gasteiger partial charge in [-0.3, -0.25) is 9.59 Å². The largest absolute Gasteiger partial charge is 0.493 e. The van der Waals surface area contributed by atoms with E-state index in [-0.39, 0.29) is 18.2 Å². The number of carbonyl (C=O) groups is 2. The Hall–Kier alpha value is -2.75. The van der Waals surface area contributed by atoms with E-state index in [2.05, 4.69) is 15.5 Å². The number of ether oxygens (including phenoxy) is 2. The molecular weight excluding hydrogens is 465 g/mol. The first-order chi connectivity index (χ1) is 14.9. The van der Waals surface area contributed by atoms with Gasteiger partial charge in [0.05, 0.1) is 24.8 Å². The number of amides is 1. The van der Waals surface area contributed by atoms with Gasteiger partial charge in [-0.2, -0.15) is 5.10 Å². The fourth-order valence-corrected chi connectivity index (χ4v) is 3.90. The van der Waals surface area contributed by atoms with Gasteiger partial charge in [0.25, 0.3) is 0 Å². The molecule has 31 heavy (non-hydrogen) atoms. The Bertz CT molecular complexity index is 1040. The average molecular weight is 482 g/mol. The molecule has 3 rings (SSSR count). The number of nitrogens with zero attached hydrogens (tertiary/aromatic N) is 2. The van der Waals surface area contributed by atoms with E-state index < -0.39 is 17.1 Å². The smallest absolute Gasteiger partial charge is 0.305 e. The summed E-state index contributed by atoms with van der Waals surface area (Å²) in [5.74, 6) is -0.663. The second-order valence-corrected chi connectivity index (χ2v) is 8.33. The minimum absolute atomic E-state index is 0.230. The molecule has 1 atom stereocenters. The van der Waals surface area contributed by atoms with Crippen molar-refractivity contribution in [3.8, 4) is 11.5 Å². The molecule has 1 aliphatic heterocycles. The van der Waals surface area contributed by atoms with Crippen molar-refractivity contribution in [1.82, 2.24) is 5.32 Å². The Kier molecular flexibility index (Phi) is 7.78. The summed E-state index contributed by atoms with van der Waals surface area (Å²) in [6.45, 7) is 0.281. The Morgan fingerprint density at radius 3 is 2.71 bits per heavy atom. The lowest BCUT2D eigenvalue weighted by molar-refractivity contribution is -0.138. The molecule has 0 aliphatic carbocycles. The molecule has 0 spiro atoms. The number of halogens is 2. The minimum atomic E-state index is -1.06. The maximum atomic E-state index is 11.7. The highest BCUT2D eigenvalue weighted by Gasteiger charge is 2.32. The van der Waals surface area contributed by atoms with Gasteiger partial charge < -0.3 is 19.9 Å². The molecular formula is C20H17Cl2N3O5S. The third-order valence-corrected chi connectivity index (χ3v) is 5.65. The maximum absolute atomic E-state index is 11.7. The second-order valence-electron chi connectivity index (χ2n) is 6.29. The third kappa shape index (κ3) is 6.36. The molecule has 11 heteroatoms. The van der Waals surface area contributed by atoms with Gasteiger partial charge in [-0.05, 0) is 29.8 Å². The number of carboxylic acids is 1. The predicted octanol–water partition coefficient (Wildman–Crippen LogP) is 3.98. The van der Waals surface area contributed by atoms with Crippen LogP contribution in [0.4, 0.5) is 0 Å². The van der Waals surface area contributed by atoms with Gasteiger partial charge in [-0.1, -0.05) is 47.1 Å². The lowest BCUT2D eigenvalue weighted by Crippen LogP contribution is -2.26. The van der Waals surface area contributed by atoms with Gasteiger partial charge in [0, 0.05) is 10.6 Å². The highest BCUT2D eigenvalue weighted by molar-refractivity contribution is 8.15. The van der Waals surface area contributed by atoms with Crippen LogP contribution in [0, 0.1) is 0 Å². The number of amidine groups is 1. The maximum Gasteiger partial charge on any atom is 0.305 e. The van der Waals surface area contributed by atoms with Gasteiger partial charge in [0.2, 0.25) is 5.91 Å². The molecule has 8 nitrogen and oxygen atoms in total. The fraction of sp³-hybridized carbons (Fsp3) is 0.200. The minimum Gasteiger partial charge on any atom is -0.493 e. The first-order valence-electron chi connectivity index (χ1n) is 8.91. The third-order valence-electron chi connectivity index (χ3n) is 4.04. The van der Waals surface area contributed by atoms with E-state index >= 15 is 0 Å². The molecule has 0 bridgehead atoms. The quantitative estimate of drug-likeness (QED) is 0.435. The Labute approximate surface area is 192 Å². The van der Waals surface area contributed by atoms with Crippen LogP contribution in [0.1, 0.15) is 17.5 Å². The zero-order chi connectivity index (χ0) is 22.4. The van der Waals surface area contributed by atoms with Crippen LogP contribution in [0.5, 0.6) is 11.5 Å². The molecule has 2 aromatic rings. The Morgan fingerprint density at radius 2 is 2.03 bits per heavy atom. The molecule has 162 valence electrons. The second kappa shape index (κ2) is 10.5. The van der Waals surface area contributed by atoms with Crippen molar-refractivity contribution in [3.63, 3.8) is 0 Å². The first-order valence-corrected chi connectivity index (χ1v) is 10.5. The van der Waals surface area contributed by atoms with Crippen LogP contribution in [0.3, 0.4) is 0 Å². The standard InChI is InChI=1S/C20H17Cl2N3O5S/c1-29-15-7-12(9-23-25-20-24-19(28)16(31-20)8-17(26)27)6-14(22)18(15)30-10-11-2-4-13(21)5-3-11/h2-7,9,16H,8,10H2,1H3,(H,26,27)(H,24,25,28)/b23-9+. The van der Waals surface area contributed by atoms with Gasteiger partial charge in [0.1, 0.15) is 11.9 Å². The molecule has 2 N–H and O–H groups in total. The van der Waals surface area contributed by atoms with Crippen LogP contribution >= 0.6 is 35.0 Å². The van der Waals surface area contributed by atoms with Crippen molar-refractivity contribution in [3.05, 3.63) is 57.6 Å². The van der Waals surface area contributed by atoms with Crippen molar-refractivity contribution < 1.29 is 24.2 Å². The van der Waals surface area contributed by atoms with Crippen molar-refractivity contribution in [2.75, 3.05) is 7.11 Å². The summed E-state index contributed by atoms with van der Waals surface area (Å²) in [7, 11) is 1.50. The monoisotopic (exact) mass is 481 g/mol. The summed E-state index contributed by atoms with van der Waals surface area (Å²) in [4.78, 5) is 22.5. The zero-order valence-corrected chi connectivity index (χ0v) is 18.5. The highest BCUT2D eigenvalue weighted by atomic mass is 35.5. The van der Waals surface area contributed by atoms with E-state index in [0.29, 0.717) is 27.1 Å². The summed E-state index contributed by atoms with van der Waals surface area (Å²) in [6.07, 6.45) is 1.14. The number of aliphatic carboxylic acids is 1. The number of hydrogen-bond acceptors (Lipinski definition) is 7. The topological polar surface area (TPSA) is 110 Å². The highest BCUT2D eigenvalue weighted by Crippen LogP contribution is 2.36. The van der Waals surface area contributed by atoms with Gasteiger partial charge in [-0.15, -0.1) is 5.10 Å². The average Bonchev–Trinajstić information content (AvgIpc) is 3.06. The van der Waals surface area contributed by atoms with Crippen LogP contribution in [0.25, 0.3) is 0 Å². The Morgan fingerprint density at radius 1 is 1.29 bits per heavy atom. The SMILES string of the molecule is COc1cc(/C=N/N=C2\NC(=O)C(CC(=O)O)S2)cc(Cl)c1OCc1ccc(Cl)cc1. The molecule has 1 aliphatic rings. The summed E-state index contributed by atoms with van der Waals surface area (Å²) in [6, 6.07) is 10.6. The number of carbonyl (C=O) groups excluding carboxylic acids is 1. The van der Waals surface area contributed by atoms with E-state index in [9.17, 15) is 9.59 Å². The van der Waals surface area contributed by atoms with E-state index in [1.807, 2.05) is 12.1 Å². The number of rotatable bonds is 8. The lowest BCUT2D eigenvalue weighted by Gasteiger charge is -2.13. The van der Waals surface area contributed by atoms with Crippen molar-refractivity contribution in [2.45, 2.75) is 18.3 Å². The zero-order valence-electron chi connectivity index (χ0n) is 16.2. The predicted molar refractivity (Wildman–Crippen MR) is 121 cm³/mol. The van der Waals surface area contributed by atoms with Gasteiger partial charge in [-0.25, -0.2) is 0 Å². The Balaban J connectivity index is 1.68. The number of carboxylic acid groups (broad SMARTS) is 1. The summed E-state index contributed by atoms with van der Waals surface area (Å²) in [5, 5.41) is 19.6. The number of hydrogen-bond donors (Lipinski definition) is 2. The molecule has 0 saturated carbocycles.